The zero-order chi connectivity index (χ0) is 11.1. The molecule has 80 valence electrons. The van der Waals surface area contributed by atoms with Crippen LogP contribution in [0.25, 0.3) is 0 Å². The molecule has 1 aromatic carbocycles. The molecule has 0 saturated carbocycles. The summed E-state index contributed by atoms with van der Waals surface area (Å²) in [7, 11) is 1.71. The molecule has 1 unspecified atom stereocenters. The maximum absolute atomic E-state index is 11.3. The number of hydrogen-bond acceptors (Lipinski definition) is 3. The Balaban J connectivity index is 2.40. The van der Waals surface area contributed by atoms with Crippen LogP contribution in [-0.2, 0) is 10.3 Å². The van der Waals surface area contributed by atoms with Gasteiger partial charge in [0.05, 0.1) is 6.54 Å². The van der Waals surface area contributed by atoms with Crippen molar-refractivity contribution in [3.05, 3.63) is 29.8 Å². The summed E-state index contributed by atoms with van der Waals surface area (Å²) in [5.74, 6) is 0. The third kappa shape index (κ3) is 1.52. The number of anilines is 1. The molecule has 2 N–H and O–H groups in total. The van der Waals surface area contributed by atoms with Crippen molar-refractivity contribution in [1.82, 2.24) is 4.90 Å². The molecular formula is C11H14N2O2. The lowest BCUT2D eigenvalue weighted by molar-refractivity contribution is 0.0707. The normalized spacial score (nSPS) is 25.5. The maximum atomic E-state index is 11.3. The minimum Gasteiger partial charge on any atom is -0.436 e. The Hall–Kier alpha value is -1.71. The van der Waals surface area contributed by atoms with E-state index in [9.17, 15) is 4.79 Å². The standard InChI is InChI=1S/C11H14N2O2/c1-11(7-13(2)10(14)15-11)8-5-3-4-6-9(8)12/h3-6H,7,12H2,1-2H3. The van der Waals surface area contributed by atoms with Gasteiger partial charge < -0.3 is 15.4 Å². The minimum atomic E-state index is -0.628. The van der Waals surface area contributed by atoms with Gasteiger partial charge in [-0.2, -0.15) is 0 Å². The molecule has 4 nitrogen and oxygen atoms in total. The van der Waals surface area contributed by atoms with E-state index in [2.05, 4.69) is 0 Å². The van der Waals surface area contributed by atoms with Crippen molar-refractivity contribution in [3.63, 3.8) is 0 Å². The number of cyclic esters (lactones) is 1. The van der Waals surface area contributed by atoms with Crippen LogP contribution in [0.2, 0.25) is 0 Å². The number of carbonyl (C=O) groups is 1. The fourth-order valence-corrected chi connectivity index (χ4v) is 1.94. The molecule has 15 heavy (non-hydrogen) atoms. The van der Waals surface area contributed by atoms with Crippen LogP contribution in [0.1, 0.15) is 12.5 Å². The Labute approximate surface area is 88.6 Å². The summed E-state index contributed by atoms with van der Waals surface area (Å²) in [6.07, 6.45) is -0.305. The Kier molecular flexibility index (Phi) is 2.07. The zero-order valence-electron chi connectivity index (χ0n) is 8.86. The van der Waals surface area contributed by atoms with Gasteiger partial charge in [0.2, 0.25) is 0 Å². The molecule has 1 aromatic rings. The van der Waals surface area contributed by atoms with Crippen molar-refractivity contribution in [2.24, 2.45) is 0 Å². The van der Waals surface area contributed by atoms with Crippen molar-refractivity contribution in [3.8, 4) is 0 Å². The van der Waals surface area contributed by atoms with Crippen molar-refractivity contribution in [2.45, 2.75) is 12.5 Å². The third-order valence-corrected chi connectivity index (χ3v) is 2.69. The smallest absolute Gasteiger partial charge is 0.410 e. The number of hydrogen-bond donors (Lipinski definition) is 1. The van der Waals surface area contributed by atoms with E-state index in [4.69, 9.17) is 10.5 Å². The molecule has 1 aliphatic heterocycles. The van der Waals surface area contributed by atoms with E-state index in [0.717, 1.165) is 5.56 Å². The summed E-state index contributed by atoms with van der Waals surface area (Å²) in [5, 5.41) is 0. The third-order valence-electron chi connectivity index (χ3n) is 2.69. The van der Waals surface area contributed by atoms with Gasteiger partial charge in [0, 0.05) is 18.3 Å². The Bertz CT molecular complexity index is 405. The summed E-state index contributed by atoms with van der Waals surface area (Å²) in [4.78, 5) is 12.9. The Morgan fingerprint density at radius 3 is 2.67 bits per heavy atom. The van der Waals surface area contributed by atoms with Gasteiger partial charge in [0.15, 0.2) is 5.60 Å². The van der Waals surface area contributed by atoms with Crippen LogP contribution in [0.4, 0.5) is 10.5 Å². The molecule has 0 aliphatic carbocycles. The van der Waals surface area contributed by atoms with Gasteiger partial charge in [-0.15, -0.1) is 0 Å². The molecule has 0 radical (unpaired) electrons. The highest BCUT2D eigenvalue weighted by atomic mass is 16.6. The maximum Gasteiger partial charge on any atom is 0.410 e. The molecule has 1 heterocycles. The molecule has 1 amide bonds. The van der Waals surface area contributed by atoms with Crippen LogP contribution < -0.4 is 5.73 Å². The number of rotatable bonds is 1. The predicted molar refractivity (Wildman–Crippen MR) is 57.3 cm³/mol. The summed E-state index contributed by atoms with van der Waals surface area (Å²) in [5.41, 5.74) is 6.76. The first kappa shape index (κ1) is 9.83. The number of amides is 1. The average Bonchev–Trinajstić information content (AvgIpc) is 2.42. The monoisotopic (exact) mass is 206 g/mol. The van der Waals surface area contributed by atoms with Gasteiger partial charge >= 0.3 is 6.09 Å². The highest BCUT2D eigenvalue weighted by Gasteiger charge is 2.41. The number of para-hydroxylation sites is 1. The van der Waals surface area contributed by atoms with Gasteiger partial charge in [-0.25, -0.2) is 4.79 Å². The van der Waals surface area contributed by atoms with E-state index in [1.807, 2.05) is 31.2 Å². The molecule has 0 aromatic heterocycles. The molecule has 0 spiro atoms. The van der Waals surface area contributed by atoms with Crippen molar-refractivity contribution in [2.75, 3.05) is 19.3 Å². The summed E-state index contributed by atoms with van der Waals surface area (Å²) >= 11 is 0. The van der Waals surface area contributed by atoms with E-state index < -0.39 is 5.60 Å². The first-order valence-electron chi connectivity index (χ1n) is 4.82. The van der Waals surface area contributed by atoms with E-state index in [0.29, 0.717) is 12.2 Å². The van der Waals surface area contributed by atoms with Gasteiger partial charge in [0.25, 0.3) is 0 Å². The van der Waals surface area contributed by atoms with Crippen LogP contribution in [0.5, 0.6) is 0 Å². The first-order chi connectivity index (χ1) is 7.03. The van der Waals surface area contributed by atoms with Crippen LogP contribution in [-0.4, -0.2) is 24.6 Å². The topological polar surface area (TPSA) is 55.6 Å². The van der Waals surface area contributed by atoms with Crippen LogP contribution in [0.3, 0.4) is 0 Å². The minimum absolute atomic E-state index is 0.305. The second-order valence-corrected chi connectivity index (χ2v) is 4.04. The number of likely N-dealkylation sites (N-methyl/N-ethyl adjacent to an activating group) is 1. The van der Waals surface area contributed by atoms with Gasteiger partial charge in [0.1, 0.15) is 0 Å². The Morgan fingerprint density at radius 1 is 1.47 bits per heavy atom. The van der Waals surface area contributed by atoms with E-state index in [1.165, 1.54) is 0 Å². The molecule has 4 heteroatoms. The van der Waals surface area contributed by atoms with E-state index >= 15 is 0 Å². The summed E-state index contributed by atoms with van der Waals surface area (Å²) in [6, 6.07) is 7.46. The molecule has 1 aliphatic rings. The second kappa shape index (κ2) is 3.15. The Morgan fingerprint density at radius 2 is 2.13 bits per heavy atom. The number of carbonyl (C=O) groups excluding carboxylic acids is 1. The number of nitrogens with two attached hydrogens (primary N) is 1. The molecule has 1 fully saturated rings. The van der Waals surface area contributed by atoms with E-state index in [1.54, 1.807) is 11.9 Å². The summed E-state index contributed by atoms with van der Waals surface area (Å²) in [6.45, 7) is 2.40. The zero-order valence-corrected chi connectivity index (χ0v) is 8.86. The van der Waals surface area contributed by atoms with Gasteiger partial charge in [-0.1, -0.05) is 18.2 Å². The lowest BCUT2D eigenvalue weighted by Crippen LogP contribution is -2.28. The van der Waals surface area contributed by atoms with Gasteiger partial charge in [-0.05, 0) is 13.0 Å². The highest BCUT2D eigenvalue weighted by molar-refractivity contribution is 5.71. The largest absolute Gasteiger partial charge is 0.436 e. The van der Waals surface area contributed by atoms with Crippen LogP contribution >= 0.6 is 0 Å². The molecule has 1 saturated heterocycles. The molecule has 1 atom stereocenters. The van der Waals surface area contributed by atoms with Gasteiger partial charge in [-0.3, -0.25) is 0 Å². The molecule has 2 rings (SSSR count). The molecule has 0 bridgehead atoms. The van der Waals surface area contributed by atoms with Crippen LogP contribution in [0, 0.1) is 0 Å². The summed E-state index contributed by atoms with van der Waals surface area (Å²) < 4.78 is 5.33. The lowest BCUT2D eigenvalue weighted by atomic mass is 9.94. The highest BCUT2D eigenvalue weighted by Crippen LogP contribution is 2.34. The lowest BCUT2D eigenvalue weighted by Gasteiger charge is -2.23. The number of benzene rings is 1. The van der Waals surface area contributed by atoms with Crippen molar-refractivity contribution in [1.29, 1.82) is 0 Å². The predicted octanol–water partition coefficient (Wildman–Crippen LogP) is 1.57. The fraction of sp³-hybridized carbons (Fsp3) is 0.364. The number of nitrogen functional groups attached to an aromatic ring is 1. The SMILES string of the molecule is CN1CC(C)(c2ccccc2N)OC1=O. The fourth-order valence-electron chi connectivity index (χ4n) is 1.94. The van der Waals surface area contributed by atoms with E-state index in [-0.39, 0.29) is 6.09 Å². The quantitative estimate of drug-likeness (QED) is 0.709. The van der Waals surface area contributed by atoms with Crippen molar-refractivity contribution >= 4 is 11.8 Å². The van der Waals surface area contributed by atoms with Crippen molar-refractivity contribution < 1.29 is 9.53 Å². The van der Waals surface area contributed by atoms with Crippen LogP contribution in [0.15, 0.2) is 24.3 Å². The number of ether oxygens (including phenoxy) is 1. The number of nitrogens with zero attached hydrogens (tertiary/aromatic N) is 1. The average molecular weight is 206 g/mol. The second-order valence-electron chi connectivity index (χ2n) is 4.04. The first-order valence-corrected chi connectivity index (χ1v) is 4.82. The molecular weight excluding hydrogens is 192 g/mol.